The third-order valence-corrected chi connectivity index (χ3v) is 6.01. The van der Waals surface area contributed by atoms with Crippen LogP contribution < -0.4 is 10.1 Å². The summed E-state index contributed by atoms with van der Waals surface area (Å²) in [5, 5.41) is 3.36. The molecule has 5 rings (SSSR count). The van der Waals surface area contributed by atoms with Gasteiger partial charge >= 0.3 is 0 Å². The van der Waals surface area contributed by atoms with E-state index >= 15 is 0 Å². The number of carbonyl (C=O) groups excluding carboxylic acids is 1. The molecule has 0 aliphatic heterocycles. The fourth-order valence-electron chi connectivity index (χ4n) is 5.35. The minimum absolute atomic E-state index is 0.0820. The molecule has 4 bridgehead atoms. The fraction of sp³-hybridized carbons (Fsp3) is 0.650. The number of nitrogens with one attached hydrogen (secondary N) is 1. The van der Waals surface area contributed by atoms with E-state index in [-0.39, 0.29) is 12.0 Å². The van der Waals surface area contributed by atoms with Gasteiger partial charge in [0.2, 0.25) is 0 Å². The Balaban J connectivity index is 1.42. The average molecular weight is 313 g/mol. The number of amides is 1. The topological polar surface area (TPSA) is 38.3 Å². The molecule has 4 fully saturated rings. The maximum absolute atomic E-state index is 12.6. The van der Waals surface area contributed by atoms with Gasteiger partial charge < -0.3 is 10.1 Å². The lowest BCUT2D eigenvalue weighted by Gasteiger charge is -2.54. The number of carbonyl (C=O) groups is 1. The molecule has 23 heavy (non-hydrogen) atoms. The summed E-state index contributed by atoms with van der Waals surface area (Å²) in [6.45, 7) is 4.01. The lowest BCUT2D eigenvalue weighted by Crippen LogP contribution is -2.55. The van der Waals surface area contributed by atoms with Crippen molar-refractivity contribution < 1.29 is 9.53 Å². The quantitative estimate of drug-likeness (QED) is 0.911. The molecule has 0 spiro atoms. The van der Waals surface area contributed by atoms with Crippen molar-refractivity contribution in [2.45, 2.75) is 58.1 Å². The second kappa shape index (κ2) is 5.85. The summed E-state index contributed by atoms with van der Waals surface area (Å²) in [4.78, 5) is 12.6. The van der Waals surface area contributed by atoms with E-state index in [4.69, 9.17) is 4.74 Å². The van der Waals surface area contributed by atoms with Crippen molar-refractivity contribution in [2.75, 3.05) is 0 Å². The lowest BCUT2D eigenvalue weighted by molar-refractivity contribution is -0.0119. The fourth-order valence-corrected chi connectivity index (χ4v) is 5.35. The van der Waals surface area contributed by atoms with E-state index in [0.29, 0.717) is 6.04 Å². The van der Waals surface area contributed by atoms with E-state index in [2.05, 4.69) is 5.32 Å². The van der Waals surface area contributed by atoms with Crippen molar-refractivity contribution in [3.05, 3.63) is 29.8 Å². The molecular formula is C20H27NO2. The van der Waals surface area contributed by atoms with Crippen LogP contribution in [0.25, 0.3) is 0 Å². The van der Waals surface area contributed by atoms with Gasteiger partial charge in [0.1, 0.15) is 5.75 Å². The molecule has 124 valence electrons. The Labute approximate surface area is 138 Å². The van der Waals surface area contributed by atoms with Crippen molar-refractivity contribution in [1.82, 2.24) is 5.32 Å². The molecule has 3 nitrogen and oxygen atoms in total. The Morgan fingerprint density at radius 1 is 1.00 bits per heavy atom. The first-order valence-electron chi connectivity index (χ1n) is 9.16. The molecule has 0 radical (unpaired) electrons. The Bertz CT molecular complexity index is 550. The molecule has 0 atom stereocenters. The van der Waals surface area contributed by atoms with Gasteiger partial charge in [-0.2, -0.15) is 0 Å². The second-order valence-corrected chi connectivity index (χ2v) is 8.12. The molecule has 1 N–H and O–H groups in total. The molecule has 1 amide bonds. The SMILES string of the molecule is CC(C)Oc1ccc(C(=O)NC2C3CC4CC(C3)CC2C4)cc1. The molecule has 0 unspecified atom stereocenters. The zero-order valence-corrected chi connectivity index (χ0v) is 14.1. The van der Waals surface area contributed by atoms with Gasteiger partial charge in [0.25, 0.3) is 5.91 Å². The van der Waals surface area contributed by atoms with E-state index in [9.17, 15) is 4.79 Å². The molecule has 0 heterocycles. The van der Waals surface area contributed by atoms with E-state index in [1.807, 2.05) is 38.1 Å². The summed E-state index contributed by atoms with van der Waals surface area (Å²) >= 11 is 0. The minimum atomic E-state index is 0.0820. The van der Waals surface area contributed by atoms with Crippen LogP contribution in [-0.4, -0.2) is 18.1 Å². The zero-order valence-electron chi connectivity index (χ0n) is 14.1. The van der Waals surface area contributed by atoms with Crippen LogP contribution >= 0.6 is 0 Å². The van der Waals surface area contributed by atoms with Gasteiger partial charge in [-0.1, -0.05) is 0 Å². The third kappa shape index (κ3) is 2.98. The predicted octanol–water partition coefficient (Wildman–Crippen LogP) is 4.03. The van der Waals surface area contributed by atoms with Gasteiger partial charge in [-0.05, 0) is 93.9 Å². The van der Waals surface area contributed by atoms with Crippen molar-refractivity contribution >= 4 is 5.91 Å². The monoisotopic (exact) mass is 313 g/mol. The molecular weight excluding hydrogens is 286 g/mol. The van der Waals surface area contributed by atoms with E-state index < -0.39 is 0 Å². The summed E-state index contributed by atoms with van der Waals surface area (Å²) < 4.78 is 5.64. The highest BCUT2D eigenvalue weighted by molar-refractivity contribution is 5.94. The van der Waals surface area contributed by atoms with Gasteiger partial charge in [-0.3, -0.25) is 4.79 Å². The van der Waals surface area contributed by atoms with Crippen LogP contribution in [-0.2, 0) is 0 Å². The van der Waals surface area contributed by atoms with Crippen LogP contribution in [0, 0.1) is 23.7 Å². The van der Waals surface area contributed by atoms with Gasteiger partial charge in [-0.25, -0.2) is 0 Å². The van der Waals surface area contributed by atoms with Crippen LogP contribution in [0.1, 0.15) is 56.3 Å². The zero-order chi connectivity index (χ0) is 16.0. The van der Waals surface area contributed by atoms with Gasteiger partial charge in [0.15, 0.2) is 0 Å². The number of hydrogen-bond donors (Lipinski definition) is 1. The Kier molecular flexibility index (Phi) is 3.82. The first kappa shape index (κ1) is 15.0. The Hall–Kier alpha value is -1.51. The molecule has 4 saturated carbocycles. The second-order valence-electron chi connectivity index (χ2n) is 8.12. The molecule has 1 aromatic rings. The molecule has 1 aromatic carbocycles. The highest BCUT2D eigenvalue weighted by Gasteiger charge is 2.48. The van der Waals surface area contributed by atoms with E-state index in [1.54, 1.807) is 0 Å². The maximum atomic E-state index is 12.6. The standard InChI is InChI=1S/C20H27NO2/c1-12(2)23-18-5-3-15(4-6-18)20(22)21-19-16-8-13-7-14(10-16)11-17(19)9-13/h3-6,12-14,16-17,19H,7-11H2,1-2H3,(H,21,22). The van der Waals surface area contributed by atoms with Gasteiger partial charge in [0, 0.05) is 11.6 Å². The van der Waals surface area contributed by atoms with Crippen LogP contribution in [0.3, 0.4) is 0 Å². The summed E-state index contributed by atoms with van der Waals surface area (Å²) in [6.07, 6.45) is 6.93. The van der Waals surface area contributed by atoms with Crippen LogP contribution in [0.5, 0.6) is 5.75 Å². The highest BCUT2D eigenvalue weighted by atomic mass is 16.5. The predicted molar refractivity (Wildman–Crippen MR) is 90.5 cm³/mol. The molecule has 4 aliphatic carbocycles. The van der Waals surface area contributed by atoms with Crippen molar-refractivity contribution in [3.63, 3.8) is 0 Å². The summed E-state index contributed by atoms with van der Waals surface area (Å²) in [5.74, 6) is 4.23. The van der Waals surface area contributed by atoms with Crippen LogP contribution in [0.15, 0.2) is 24.3 Å². The first-order valence-corrected chi connectivity index (χ1v) is 9.16. The highest BCUT2D eigenvalue weighted by Crippen LogP contribution is 2.53. The van der Waals surface area contributed by atoms with Gasteiger partial charge in [-0.15, -0.1) is 0 Å². The number of ether oxygens (including phenoxy) is 1. The average Bonchev–Trinajstić information content (AvgIpc) is 2.50. The Morgan fingerprint density at radius 3 is 2.09 bits per heavy atom. The van der Waals surface area contributed by atoms with Crippen molar-refractivity contribution in [3.8, 4) is 5.75 Å². The molecule has 0 saturated heterocycles. The molecule has 3 heteroatoms. The normalized spacial score (nSPS) is 34.7. The summed E-state index contributed by atoms with van der Waals surface area (Å²) in [6, 6.07) is 7.95. The molecule has 4 aliphatic rings. The maximum Gasteiger partial charge on any atom is 0.251 e. The summed E-state index contributed by atoms with van der Waals surface area (Å²) in [5.41, 5.74) is 0.745. The first-order chi connectivity index (χ1) is 11.1. The van der Waals surface area contributed by atoms with Crippen molar-refractivity contribution in [2.24, 2.45) is 23.7 Å². The van der Waals surface area contributed by atoms with Crippen molar-refractivity contribution in [1.29, 1.82) is 0 Å². The molecule has 0 aromatic heterocycles. The Morgan fingerprint density at radius 2 is 1.57 bits per heavy atom. The van der Waals surface area contributed by atoms with Crippen LogP contribution in [0.2, 0.25) is 0 Å². The number of benzene rings is 1. The number of rotatable bonds is 4. The number of hydrogen-bond acceptors (Lipinski definition) is 2. The minimum Gasteiger partial charge on any atom is -0.491 e. The lowest BCUT2D eigenvalue weighted by atomic mass is 9.54. The van der Waals surface area contributed by atoms with Gasteiger partial charge in [0.05, 0.1) is 6.10 Å². The third-order valence-electron chi connectivity index (χ3n) is 6.01. The van der Waals surface area contributed by atoms with E-state index in [1.165, 1.54) is 32.1 Å². The van der Waals surface area contributed by atoms with Crippen LogP contribution in [0.4, 0.5) is 0 Å². The summed E-state index contributed by atoms with van der Waals surface area (Å²) in [7, 11) is 0. The largest absolute Gasteiger partial charge is 0.491 e. The van der Waals surface area contributed by atoms with E-state index in [0.717, 1.165) is 35.0 Å². The smallest absolute Gasteiger partial charge is 0.251 e.